The molecule has 0 radical (unpaired) electrons. The van der Waals surface area contributed by atoms with Gasteiger partial charge in [0.2, 0.25) is 0 Å². The average molecular weight is 180 g/mol. The summed E-state index contributed by atoms with van der Waals surface area (Å²) in [6, 6.07) is 0. The fourth-order valence-corrected chi connectivity index (χ4v) is 1.26. The monoisotopic (exact) mass is 180 g/mol. The summed E-state index contributed by atoms with van der Waals surface area (Å²) in [5.41, 5.74) is 1.81. The zero-order chi connectivity index (χ0) is 10.0. The van der Waals surface area contributed by atoms with Crippen molar-refractivity contribution in [1.82, 2.24) is 0 Å². The van der Waals surface area contributed by atoms with E-state index in [1.165, 1.54) is 7.11 Å². The molecule has 0 saturated heterocycles. The fourth-order valence-electron chi connectivity index (χ4n) is 1.26. The number of aliphatic hydroxyl groups excluding tert-OH is 1. The third-order valence-electron chi connectivity index (χ3n) is 1.94. The second-order valence-electron chi connectivity index (χ2n) is 2.88. The minimum atomic E-state index is -0.411. The molecule has 1 aliphatic rings. The van der Waals surface area contributed by atoms with Crippen LogP contribution < -0.4 is 0 Å². The quantitative estimate of drug-likeness (QED) is 0.495. The number of allylic oxidation sites excluding steroid dienone is 4. The summed E-state index contributed by atoms with van der Waals surface area (Å²) in [5.74, 6) is -0.278. The molecule has 3 nitrogen and oxygen atoms in total. The van der Waals surface area contributed by atoms with Gasteiger partial charge in [0.1, 0.15) is 0 Å². The van der Waals surface area contributed by atoms with E-state index in [1.54, 1.807) is 26.0 Å². The molecule has 0 heterocycles. The standard InChI is InChI=1S/C10H12O3/c1-6-4-5-8(7(2)11)9(6)10(12)13-3/h4-5,11H,1-3H3/b8-7+. The Hall–Kier alpha value is -1.51. The molecule has 0 aromatic rings. The molecule has 0 aliphatic heterocycles. The molecule has 13 heavy (non-hydrogen) atoms. The first-order chi connectivity index (χ1) is 6.07. The number of ether oxygens (including phenoxy) is 1. The topological polar surface area (TPSA) is 46.5 Å². The van der Waals surface area contributed by atoms with Gasteiger partial charge in [-0.15, -0.1) is 0 Å². The third-order valence-corrected chi connectivity index (χ3v) is 1.94. The van der Waals surface area contributed by atoms with Gasteiger partial charge in [0, 0.05) is 5.57 Å². The molecule has 0 bridgehead atoms. The largest absolute Gasteiger partial charge is 0.512 e. The molecule has 0 aromatic heterocycles. The Morgan fingerprint density at radius 2 is 2.08 bits per heavy atom. The Bertz CT molecular complexity index is 328. The molecule has 1 N–H and O–H groups in total. The predicted molar refractivity (Wildman–Crippen MR) is 49.2 cm³/mol. The SMILES string of the molecule is COC(=O)C1=C(C)C=C/C1=C(/C)O. The molecule has 0 amide bonds. The number of methoxy groups -OCH3 is 1. The van der Waals surface area contributed by atoms with Crippen molar-refractivity contribution in [2.24, 2.45) is 0 Å². The predicted octanol–water partition coefficient (Wildman–Crippen LogP) is 1.88. The van der Waals surface area contributed by atoms with Gasteiger partial charge in [0.25, 0.3) is 0 Å². The van der Waals surface area contributed by atoms with Crippen molar-refractivity contribution < 1.29 is 14.6 Å². The molecule has 70 valence electrons. The summed E-state index contributed by atoms with van der Waals surface area (Å²) in [5, 5.41) is 9.27. The summed E-state index contributed by atoms with van der Waals surface area (Å²) in [4.78, 5) is 11.3. The van der Waals surface area contributed by atoms with E-state index in [4.69, 9.17) is 0 Å². The van der Waals surface area contributed by atoms with E-state index in [2.05, 4.69) is 4.74 Å². The summed E-state index contributed by atoms with van der Waals surface area (Å²) >= 11 is 0. The molecule has 0 aromatic carbocycles. The first kappa shape index (κ1) is 9.58. The van der Waals surface area contributed by atoms with Gasteiger partial charge in [-0.25, -0.2) is 4.79 Å². The maximum absolute atomic E-state index is 11.3. The van der Waals surface area contributed by atoms with Crippen LogP contribution in [0.5, 0.6) is 0 Å². The van der Waals surface area contributed by atoms with Crippen molar-refractivity contribution >= 4 is 5.97 Å². The van der Waals surface area contributed by atoms with Gasteiger partial charge >= 0.3 is 5.97 Å². The highest BCUT2D eigenvalue weighted by molar-refractivity contribution is 5.97. The Labute approximate surface area is 77.0 Å². The van der Waals surface area contributed by atoms with Gasteiger partial charge in [-0.2, -0.15) is 0 Å². The van der Waals surface area contributed by atoms with E-state index in [9.17, 15) is 9.90 Å². The van der Waals surface area contributed by atoms with Gasteiger partial charge in [-0.1, -0.05) is 12.2 Å². The van der Waals surface area contributed by atoms with Crippen molar-refractivity contribution in [2.45, 2.75) is 13.8 Å². The van der Waals surface area contributed by atoms with Crippen LogP contribution in [0.15, 0.2) is 34.6 Å². The lowest BCUT2D eigenvalue weighted by Gasteiger charge is -2.04. The van der Waals surface area contributed by atoms with E-state index < -0.39 is 5.97 Å². The zero-order valence-electron chi connectivity index (χ0n) is 7.92. The maximum Gasteiger partial charge on any atom is 0.338 e. The second-order valence-corrected chi connectivity index (χ2v) is 2.88. The van der Waals surface area contributed by atoms with E-state index >= 15 is 0 Å². The van der Waals surface area contributed by atoms with Crippen LogP contribution in [0, 0.1) is 0 Å². The minimum Gasteiger partial charge on any atom is -0.512 e. The lowest BCUT2D eigenvalue weighted by Crippen LogP contribution is -2.07. The molecule has 0 unspecified atom stereocenters. The summed E-state index contributed by atoms with van der Waals surface area (Å²) in [7, 11) is 1.32. The van der Waals surface area contributed by atoms with Crippen molar-refractivity contribution in [1.29, 1.82) is 0 Å². The number of aliphatic hydroxyl groups is 1. The molecule has 0 saturated carbocycles. The van der Waals surface area contributed by atoms with Crippen LogP contribution in [0.3, 0.4) is 0 Å². The summed E-state index contributed by atoms with van der Waals surface area (Å²) in [6.45, 7) is 3.35. The van der Waals surface area contributed by atoms with Gasteiger partial charge in [-0.05, 0) is 19.4 Å². The number of carbonyl (C=O) groups is 1. The number of hydrogen-bond acceptors (Lipinski definition) is 3. The lowest BCUT2D eigenvalue weighted by molar-refractivity contribution is -0.135. The Balaban J connectivity index is 3.16. The molecule has 0 atom stereocenters. The molecule has 1 rings (SSSR count). The normalized spacial score (nSPS) is 19.3. The maximum atomic E-state index is 11.3. The van der Waals surface area contributed by atoms with Gasteiger partial charge in [0.15, 0.2) is 0 Å². The van der Waals surface area contributed by atoms with Crippen LogP contribution in [0.4, 0.5) is 0 Å². The Morgan fingerprint density at radius 3 is 2.54 bits per heavy atom. The summed E-state index contributed by atoms with van der Waals surface area (Å²) < 4.78 is 4.60. The van der Waals surface area contributed by atoms with E-state index in [0.29, 0.717) is 11.1 Å². The average Bonchev–Trinajstić information content (AvgIpc) is 2.46. The lowest BCUT2D eigenvalue weighted by atomic mass is 10.1. The van der Waals surface area contributed by atoms with Crippen LogP contribution >= 0.6 is 0 Å². The molecular weight excluding hydrogens is 168 g/mol. The zero-order valence-corrected chi connectivity index (χ0v) is 7.92. The van der Waals surface area contributed by atoms with Crippen molar-refractivity contribution in [2.75, 3.05) is 7.11 Å². The van der Waals surface area contributed by atoms with Crippen molar-refractivity contribution in [3.8, 4) is 0 Å². The van der Waals surface area contributed by atoms with Crippen LogP contribution in [0.25, 0.3) is 0 Å². The number of carbonyl (C=O) groups excluding carboxylic acids is 1. The third kappa shape index (κ3) is 1.64. The first-order valence-corrected chi connectivity index (χ1v) is 3.95. The highest BCUT2D eigenvalue weighted by atomic mass is 16.5. The second kappa shape index (κ2) is 3.47. The smallest absolute Gasteiger partial charge is 0.338 e. The fraction of sp³-hybridized carbons (Fsp3) is 0.300. The Kier molecular flexibility index (Phi) is 2.56. The van der Waals surface area contributed by atoms with Gasteiger partial charge < -0.3 is 9.84 Å². The Morgan fingerprint density at radius 1 is 1.46 bits per heavy atom. The van der Waals surface area contributed by atoms with Gasteiger partial charge in [-0.3, -0.25) is 0 Å². The van der Waals surface area contributed by atoms with E-state index in [1.807, 2.05) is 0 Å². The molecule has 1 aliphatic carbocycles. The number of esters is 1. The van der Waals surface area contributed by atoms with E-state index in [-0.39, 0.29) is 5.76 Å². The van der Waals surface area contributed by atoms with E-state index in [0.717, 1.165) is 5.57 Å². The van der Waals surface area contributed by atoms with Crippen LogP contribution in [0.1, 0.15) is 13.8 Å². The number of rotatable bonds is 1. The molecule has 3 heteroatoms. The van der Waals surface area contributed by atoms with Crippen LogP contribution in [-0.4, -0.2) is 18.2 Å². The molecular formula is C10H12O3. The van der Waals surface area contributed by atoms with Crippen molar-refractivity contribution in [3.05, 3.63) is 34.6 Å². The van der Waals surface area contributed by atoms with Crippen LogP contribution in [-0.2, 0) is 9.53 Å². The first-order valence-electron chi connectivity index (χ1n) is 3.95. The highest BCUT2D eigenvalue weighted by Crippen LogP contribution is 2.27. The van der Waals surface area contributed by atoms with Crippen LogP contribution in [0.2, 0.25) is 0 Å². The molecule has 0 fully saturated rings. The summed E-state index contributed by atoms with van der Waals surface area (Å²) in [6.07, 6.45) is 3.48. The number of hydrogen-bond donors (Lipinski definition) is 1. The van der Waals surface area contributed by atoms with Gasteiger partial charge in [0.05, 0.1) is 18.4 Å². The highest BCUT2D eigenvalue weighted by Gasteiger charge is 2.21. The van der Waals surface area contributed by atoms with Crippen molar-refractivity contribution in [3.63, 3.8) is 0 Å². The molecule has 0 spiro atoms. The minimum absolute atomic E-state index is 0.133.